The first-order chi connectivity index (χ1) is 8.43. The van der Waals surface area contributed by atoms with Crippen LogP contribution in [0, 0.1) is 5.92 Å². The number of aliphatic imine (C=N–C) groups is 1. The zero-order valence-corrected chi connectivity index (χ0v) is 13.6. The van der Waals surface area contributed by atoms with E-state index >= 15 is 0 Å². The summed E-state index contributed by atoms with van der Waals surface area (Å²) in [5, 5.41) is 19.1. The van der Waals surface area contributed by atoms with Crippen molar-refractivity contribution in [3.8, 4) is 5.75 Å². The predicted octanol–water partition coefficient (Wildman–Crippen LogP) is 3.74. The molecule has 0 heterocycles. The van der Waals surface area contributed by atoms with Gasteiger partial charge >= 0.3 is 0 Å². The van der Waals surface area contributed by atoms with Crippen molar-refractivity contribution in [1.29, 1.82) is 0 Å². The number of phenols is 1. The fourth-order valence-corrected chi connectivity index (χ4v) is 2.85. The third kappa shape index (κ3) is 4.71. The van der Waals surface area contributed by atoms with Crippen molar-refractivity contribution < 1.29 is 10.2 Å². The number of hydrogen-bond donors (Lipinski definition) is 2. The van der Waals surface area contributed by atoms with Gasteiger partial charge < -0.3 is 10.2 Å². The number of aliphatic hydroxyl groups excluding tert-OH is 1. The van der Waals surface area contributed by atoms with Gasteiger partial charge in [0, 0.05) is 16.3 Å². The molecule has 1 atom stereocenters. The number of aliphatic hydroxyl groups is 1. The van der Waals surface area contributed by atoms with Gasteiger partial charge in [0.2, 0.25) is 0 Å². The number of rotatable bonds is 5. The van der Waals surface area contributed by atoms with Gasteiger partial charge in [-0.25, -0.2) is 0 Å². The summed E-state index contributed by atoms with van der Waals surface area (Å²) in [5.41, 5.74) is 0.624. The maximum atomic E-state index is 9.87. The normalized spacial score (nSPS) is 13.4. The largest absolute Gasteiger partial charge is 0.506 e. The second-order valence-corrected chi connectivity index (χ2v) is 6.34. The number of phenolic OH excluding ortho intramolecular Hbond substituents is 1. The zero-order chi connectivity index (χ0) is 13.7. The molecule has 3 nitrogen and oxygen atoms in total. The lowest BCUT2D eigenvalue weighted by Gasteiger charge is -2.11. The SMILES string of the molecule is CC(C)C[C@@H](CO)N=Cc1cc(Br)cc(Br)c1O. The molecule has 1 aromatic carbocycles. The van der Waals surface area contributed by atoms with Crippen LogP contribution in [0.15, 0.2) is 26.1 Å². The molecule has 100 valence electrons. The summed E-state index contributed by atoms with van der Waals surface area (Å²) in [7, 11) is 0. The Kier molecular flexibility index (Phi) is 6.32. The molecule has 0 saturated heterocycles. The Morgan fingerprint density at radius 2 is 2.00 bits per heavy atom. The van der Waals surface area contributed by atoms with Crippen molar-refractivity contribution in [2.24, 2.45) is 10.9 Å². The molecule has 1 aromatic rings. The molecule has 0 amide bonds. The molecule has 5 heteroatoms. The first kappa shape index (κ1) is 15.7. The van der Waals surface area contributed by atoms with Gasteiger partial charge in [0.25, 0.3) is 0 Å². The van der Waals surface area contributed by atoms with E-state index in [1.54, 1.807) is 18.3 Å². The predicted molar refractivity (Wildman–Crippen MR) is 81.4 cm³/mol. The maximum Gasteiger partial charge on any atom is 0.138 e. The Morgan fingerprint density at radius 1 is 1.33 bits per heavy atom. The quantitative estimate of drug-likeness (QED) is 0.766. The van der Waals surface area contributed by atoms with Crippen LogP contribution >= 0.6 is 31.9 Å². The molecule has 0 saturated carbocycles. The van der Waals surface area contributed by atoms with Crippen LogP contribution < -0.4 is 0 Å². The summed E-state index contributed by atoms with van der Waals surface area (Å²) in [5.74, 6) is 0.630. The van der Waals surface area contributed by atoms with Gasteiger partial charge in [-0.05, 0) is 40.4 Å². The fraction of sp³-hybridized carbons (Fsp3) is 0.462. The van der Waals surface area contributed by atoms with Crippen LogP contribution in [0.2, 0.25) is 0 Å². The molecule has 0 bridgehead atoms. The highest BCUT2D eigenvalue weighted by Gasteiger charge is 2.09. The molecular formula is C13H17Br2NO2. The Hall–Kier alpha value is -0.390. The summed E-state index contributed by atoms with van der Waals surface area (Å²) in [6.07, 6.45) is 2.43. The van der Waals surface area contributed by atoms with Crippen molar-refractivity contribution in [3.05, 3.63) is 26.6 Å². The topological polar surface area (TPSA) is 52.8 Å². The Morgan fingerprint density at radius 3 is 2.56 bits per heavy atom. The van der Waals surface area contributed by atoms with E-state index < -0.39 is 0 Å². The van der Waals surface area contributed by atoms with E-state index in [-0.39, 0.29) is 18.4 Å². The van der Waals surface area contributed by atoms with E-state index in [1.165, 1.54) is 0 Å². The Balaban J connectivity index is 2.89. The average molecular weight is 379 g/mol. The third-order valence-electron chi connectivity index (χ3n) is 2.44. The summed E-state index contributed by atoms with van der Waals surface area (Å²) in [4.78, 5) is 4.32. The van der Waals surface area contributed by atoms with Crippen molar-refractivity contribution >= 4 is 38.1 Å². The highest BCUT2D eigenvalue weighted by atomic mass is 79.9. The molecular weight excluding hydrogens is 362 g/mol. The molecule has 2 N–H and O–H groups in total. The van der Waals surface area contributed by atoms with E-state index in [2.05, 4.69) is 50.7 Å². The van der Waals surface area contributed by atoms with Gasteiger partial charge in [0.1, 0.15) is 5.75 Å². The summed E-state index contributed by atoms with van der Waals surface area (Å²) < 4.78 is 1.47. The molecule has 0 spiro atoms. The minimum absolute atomic E-state index is 0.0185. The van der Waals surface area contributed by atoms with Crippen molar-refractivity contribution in [3.63, 3.8) is 0 Å². The number of aromatic hydroxyl groups is 1. The lowest BCUT2D eigenvalue weighted by molar-refractivity contribution is 0.251. The number of halogens is 2. The van der Waals surface area contributed by atoms with E-state index in [4.69, 9.17) is 0 Å². The Labute approximate surface area is 124 Å². The van der Waals surface area contributed by atoms with Crippen LogP contribution in [0.3, 0.4) is 0 Å². The van der Waals surface area contributed by atoms with E-state index in [1.807, 2.05) is 0 Å². The average Bonchev–Trinajstić information content (AvgIpc) is 2.29. The van der Waals surface area contributed by atoms with Crippen molar-refractivity contribution in [2.75, 3.05) is 6.61 Å². The van der Waals surface area contributed by atoms with Crippen molar-refractivity contribution in [1.82, 2.24) is 0 Å². The molecule has 0 aliphatic rings. The third-order valence-corrected chi connectivity index (χ3v) is 3.50. The molecule has 0 radical (unpaired) electrons. The molecule has 0 aromatic heterocycles. The van der Waals surface area contributed by atoms with Crippen LogP contribution in [-0.4, -0.2) is 29.1 Å². The zero-order valence-electron chi connectivity index (χ0n) is 10.4. The molecule has 1 rings (SSSR count). The van der Waals surface area contributed by atoms with E-state index in [0.29, 0.717) is 16.0 Å². The minimum atomic E-state index is -0.123. The van der Waals surface area contributed by atoms with Crippen LogP contribution in [0.1, 0.15) is 25.8 Å². The monoisotopic (exact) mass is 377 g/mol. The van der Waals surface area contributed by atoms with E-state index in [9.17, 15) is 10.2 Å². The number of benzene rings is 1. The van der Waals surface area contributed by atoms with Gasteiger partial charge in [-0.1, -0.05) is 29.8 Å². The van der Waals surface area contributed by atoms with Crippen LogP contribution in [0.4, 0.5) is 0 Å². The highest BCUT2D eigenvalue weighted by Crippen LogP contribution is 2.30. The van der Waals surface area contributed by atoms with Gasteiger partial charge in [0.05, 0.1) is 17.1 Å². The first-order valence-corrected chi connectivity index (χ1v) is 7.34. The summed E-state index contributed by atoms with van der Waals surface area (Å²) in [6.45, 7) is 4.20. The standard InChI is InChI=1S/C13H17Br2NO2/c1-8(2)3-11(7-17)16-6-9-4-10(14)5-12(15)13(9)18/h4-6,8,11,17-18H,3,7H2,1-2H3/t11-/m0/s1. The smallest absolute Gasteiger partial charge is 0.138 e. The second-order valence-electron chi connectivity index (χ2n) is 4.57. The summed E-state index contributed by atoms with van der Waals surface area (Å²) >= 11 is 6.63. The fourth-order valence-electron chi connectivity index (χ4n) is 1.60. The lowest BCUT2D eigenvalue weighted by atomic mass is 10.1. The van der Waals surface area contributed by atoms with Crippen LogP contribution in [0.25, 0.3) is 0 Å². The highest BCUT2D eigenvalue weighted by molar-refractivity contribution is 9.11. The van der Waals surface area contributed by atoms with Crippen LogP contribution in [0.5, 0.6) is 5.75 Å². The number of nitrogens with zero attached hydrogens (tertiary/aromatic N) is 1. The van der Waals surface area contributed by atoms with Gasteiger partial charge in [0.15, 0.2) is 0 Å². The minimum Gasteiger partial charge on any atom is -0.506 e. The first-order valence-electron chi connectivity index (χ1n) is 5.76. The van der Waals surface area contributed by atoms with E-state index in [0.717, 1.165) is 10.9 Å². The lowest BCUT2D eigenvalue weighted by Crippen LogP contribution is -2.13. The molecule has 18 heavy (non-hydrogen) atoms. The molecule has 0 aliphatic carbocycles. The molecule has 0 fully saturated rings. The van der Waals surface area contributed by atoms with Gasteiger partial charge in [-0.15, -0.1) is 0 Å². The van der Waals surface area contributed by atoms with Crippen molar-refractivity contribution in [2.45, 2.75) is 26.3 Å². The van der Waals surface area contributed by atoms with Crippen LogP contribution in [-0.2, 0) is 0 Å². The Bertz CT molecular complexity index is 433. The number of hydrogen-bond acceptors (Lipinski definition) is 3. The van der Waals surface area contributed by atoms with Gasteiger partial charge in [-0.2, -0.15) is 0 Å². The van der Waals surface area contributed by atoms with Gasteiger partial charge in [-0.3, -0.25) is 4.99 Å². The summed E-state index contributed by atoms with van der Waals surface area (Å²) in [6, 6.07) is 3.43. The molecule has 0 unspecified atom stereocenters. The maximum absolute atomic E-state index is 9.87. The second kappa shape index (κ2) is 7.26. The molecule has 0 aliphatic heterocycles.